The second-order valence-electron chi connectivity index (χ2n) is 4.35. The van der Waals surface area contributed by atoms with Crippen LogP contribution in [0.15, 0.2) is 18.2 Å². The normalized spacial score (nSPS) is 19.4. The zero-order chi connectivity index (χ0) is 14.0. The summed E-state index contributed by atoms with van der Waals surface area (Å²) in [6.07, 6.45) is -3.84. The molecule has 3 N–H and O–H groups in total. The van der Waals surface area contributed by atoms with Crippen LogP contribution in [-0.4, -0.2) is 19.1 Å². The van der Waals surface area contributed by atoms with Gasteiger partial charge in [0.1, 0.15) is 0 Å². The molecule has 0 aliphatic carbocycles. The van der Waals surface area contributed by atoms with Crippen LogP contribution in [0.1, 0.15) is 12.0 Å². The van der Waals surface area contributed by atoms with Gasteiger partial charge in [0, 0.05) is 6.61 Å². The zero-order valence-corrected chi connectivity index (χ0v) is 9.96. The van der Waals surface area contributed by atoms with Crippen LogP contribution in [0.2, 0.25) is 0 Å². The largest absolute Gasteiger partial charge is 0.416 e. The minimum Gasteiger partial charge on any atom is -0.397 e. The SMILES string of the molecule is Nc1cc(C(F)(F)F)ccc1NC(=O)C1CCOC1. The van der Waals surface area contributed by atoms with Crippen LogP contribution in [0.3, 0.4) is 0 Å². The van der Waals surface area contributed by atoms with E-state index in [1.807, 2.05) is 0 Å². The van der Waals surface area contributed by atoms with Crippen LogP contribution < -0.4 is 11.1 Å². The number of hydrogen-bond donors (Lipinski definition) is 2. The predicted octanol–water partition coefficient (Wildman–Crippen LogP) is 2.26. The maximum atomic E-state index is 12.4. The molecule has 104 valence electrons. The molecule has 0 spiro atoms. The lowest BCUT2D eigenvalue weighted by Crippen LogP contribution is -2.23. The van der Waals surface area contributed by atoms with Crippen molar-refractivity contribution in [3.8, 4) is 0 Å². The molecule has 2 rings (SSSR count). The molecule has 1 aliphatic rings. The molecule has 19 heavy (non-hydrogen) atoms. The summed E-state index contributed by atoms with van der Waals surface area (Å²) in [6, 6.07) is 2.85. The van der Waals surface area contributed by atoms with Crippen molar-refractivity contribution in [1.82, 2.24) is 0 Å². The Morgan fingerprint density at radius 1 is 1.42 bits per heavy atom. The Labute approximate surface area is 107 Å². The van der Waals surface area contributed by atoms with Crippen molar-refractivity contribution in [2.24, 2.45) is 5.92 Å². The molecule has 1 aliphatic heterocycles. The van der Waals surface area contributed by atoms with E-state index in [-0.39, 0.29) is 23.2 Å². The third-order valence-corrected chi connectivity index (χ3v) is 2.94. The van der Waals surface area contributed by atoms with Crippen LogP contribution in [0.5, 0.6) is 0 Å². The van der Waals surface area contributed by atoms with Gasteiger partial charge in [-0.25, -0.2) is 0 Å². The molecule has 0 saturated carbocycles. The first kappa shape index (κ1) is 13.7. The molecule has 0 radical (unpaired) electrons. The number of rotatable bonds is 2. The van der Waals surface area contributed by atoms with Gasteiger partial charge in [-0.05, 0) is 24.6 Å². The molecule has 1 heterocycles. The van der Waals surface area contributed by atoms with E-state index in [0.29, 0.717) is 19.6 Å². The van der Waals surface area contributed by atoms with E-state index >= 15 is 0 Å². The molecule has 4 nitrogen and oxygen atoms in total. The number of alkyl halides is 3. The summed E-state index contributed by atoms with van der Waals surface area (Å²) in [5.41, 5.74) is 4.75. The fourth-order valence-corrected chi connectivity index (χ4v) is 1.83. The molecule has 1 fully saturated rings. The van der Waals surface area contributed by atoms with Crippen molar-refractivity contribution in [3.05, 3.63) is 23.8 Å². The molecule has 1 aromatic carbocycles. The third-order valence-electron chi connectivity index (χ3n) is 2.94. The maximum absolute atomic E-state index is 12.4. The first-order chi connectivity index (χ1) is 8.88. The number of nitrogens with two attached hydrogens (primary N) is 1. The quantitative estimate of drug-likeness (QED) is 0.813. The Balaban J connectivity index is 2.11. The highest BCUT2D eigenvalue weighted by atomic mass is 19.4. The highest BCUT2D eigenvalue weighted by Gasteiger charge is 2.31. The minimum atomic E-state index is -4.45. The molecule has 0 bridgehead atoms. The van der Waals surface area contributed by atoms with Gasteiger partial charge in [0.05, 0.1) is 29.5 Å². The van der Waals surface area contributed by atoms with Gasteiger partial charge < -0.3 is 15.8 Å². The first-order valence-electron chi connectivity index (χ1n) is 5.73. The second kappa shape index (κ2) is 5.08. The van der Waals surface area contributed by atoms with Crippen LogP contribution in [0.25, 0.3) is 0 Å². The van der Waals surface area contributed by atoms with E-state index in [9.17, 15) is 18.0 Å². The molecule has 1 unspecified atom stereocenters. The molecule has 7 heteroatoms. The molecular weight excluding hydrogens is 261 g/mol. The van der Waals surface area contributed by atoms with Gasteiger partial charge in [-0.3, -0.25) is 4.79 Å². The fraction of sp³-hybridized carbons (Fsp3) is 0.417. The average Bonchev–Trinajstić information content (AvgIpc) is 2.84. The van der Waals surface area contributed by atoms with E-state index in [1.54, 1.807) is 0 Å². The number of carbonyl (C=O) groups excluding carboxylic acids is 1. The molecule has 1 amide bonds. The summed E-state index contributed by atoms with van der Waals surface area (Å²) in [7, 11) is 0. The number of carbonyl (C=O) groups is 1. The van der Waals surface area contributed by atoms with Crippen molar-refractivity contribution in [1.29, 1.82) is 0 Å². The number of anilines is 2. The first-order valence-corrected chi connectivity index (χ1v) is 5.73. The average molecular weight is 274 g/mol. The summed E-state index contributed by atoms with van der Waals surface area (Å²) in [5, 5.41) is 2.52. The maximum Gasteiger partial charge on any atom is 0.416 e. The monoisotopic (exact) mass is 274 g/mol. The number of amides is 1. The Hall–Kier alpha value is -1.76. The Morgan fingerprint density at radius 3 is 2.68 bits per heavy atom. The van der Waals surface area contributed by atoms with E-state index < -0.39 is 11.7 Å². The van der Waals surface area contributed by atoms with Crippen LogP contribution in [-0.2, 0) is 15.7 Å². The standard InChI is InChI=1S/C12H13F3N2O2/c13-12(14,15)8-1-2-10(9(16)5-8)17-11(18)7-3-4-19-6-7/h1-2,5,7H,3-4,6,16H2,(H,17,18). The van der Waals surface area contributed by atoms with E-state index in [0.717, 1.165) is 18.2 Å². The number of benzene rings is 1. The smallest absolute Gasteiger partial charge is 0.397 e. The lowest BCUT2D eigenvalue weighted by Gasteiger charge is -2.13. The lowest BCUT2D eigenvalue weighted by atomic mass is 10.1. The van der Waals surface area contributed by atoms with Crippen LogP contribution in [0.4, 0.5) is 24.5 Å². The van der Waals surface area contributed by atoms with E-state index in [1.165, 1.54) is 0 Å². The number of halogens is 3. The minimum absolute atomic E-state index is 0.109. The molecular formula is C12H13F3N2O2. The molecule has 1 saturated heterocycles. The molecule has 0 aromatic heterocycles. The van der Waals surface area contributed by atoms with Crippen molar-refractivity contribution in [2.75, 3.05) is 24.3 Å². The number of ether oxygens (including phenoxy) is 1. The summed E-state index contributed by atoms with van der Waals surface area (Å²) in [5.74, 6) is -0.564. The topological polar surface area (TPSA) is 64.3 Å². The van der Waals surface area contributed by atoms with Gasteiger partial charge in [-0.1, -0.05) is 0 Å². The summed E-state index contributed by atoms with van der Waals surface area (Å²) >= 11 is 0. The van der Waals surface area contributed by atoms with Crippen molar-refractivity contribution < 1.29 is 22.7 Å². The van der Waals surface area contributed by atoms with Crippen molar-refractivity contribution in [2.45, 2.75) is 12.6 Å². The fourth-order valence-electron chi connectivity index (χ4n) is 1.83. The number of nitrogens with one attached hydrogen (secondary N) is 1. The van der Waals surface area contributed by atoms with E-state index in [2.05, 4.69) is 5.32 Å². The predicted molar refractivity (Wildman–Crippen MR) is 63.4 cm³/mol. The van der Waals surface area contributed by atoms with E-state index in [4.69, 9.17) is 10.5 Å². The Kier molecular flexibility index (Phi) is 3.66. The summed E-state index contributed by atoms with van der Waals surface area (Å²) in [4.78, 5) is 11.8. The Morgan fingerprint density at radius 2 is 2.16 bits per heavy atom. The molecule has 1 atom stereocenters. The number of hydrogen-bond acceptors (Lipinski definition) is 3. The van der Waals surface area contributed by atoms with Gasteiger partial charge in [-0.2, -0.15) is 13.2 Å². The van der Waals surface area contributed by atoms with Gasteiger partial charge in [0.2, 0.25) is 5.91 Å². The van der Waals surface area contributed by atoms with Gasteiger partial charge >= 0.3 is 6.18 Å². The number of nitrogen functional groups attached to an aromatic ring is 1. The highest BCUT2D eigenvalue weighted by Crippen LogP contribution is 2.33. The third kappa shape index (κ3) is 3.17. The van der Waals surface area contributed by atoms with Crippen molar-refractivity contribution in [3.63, 3.8) is 0 Å². The van der Waals surface area contributed by atoms with Gasteiger partial charge in [0.15, 0.2) is 0 Å². The Bertz CT molecular complexity index is 482. The zero-order valence-electron chi connectivity index (χ0n) is 9.96. The molecule has 1 aromatic rings. The van der Waals surface area contributed by atoms with Crippen LogP contribution in [0, 0.1) is 5.92 Å². The summed E-state index contributed by atoms with van der Waals surface area (Å²) < 4.78 is 42.4. The van der Waals surface area contributed by atoms with Gasteiger partial charge in [0.25, 0.3) is 0 Å². The van der Waals surface area contributed by atoms with Gasteiger partial charge in [-0.15, -0.1) is 0 Å². The lowest BCUT2D eigenvalue weighted by molar-refractivity contribution is -0.137. The van der Waals surface area contributed by atoms with Crippen LogP contribution >= 0.6 is 0 Å². The highest BCUT2D eigenvalue weighted by molar-refractivity contribution is 5.95. The van der Waals surface area contributed by atoms with Crippen molar-refractivity contribution >= 4 is 17.3 Å². The second-order valence-corrected chi connectivity index (χ2v) is 4.35. The summed E-state index contributed by atoms with van der Waals surface area (Å²) in [6.45, 7) is 0.840.